The maximum atomic E-state index is 11.8. The zero-order valence-electron chi connectivity index (χ0n) is 11.5. The molecule has 2 aromatic rings. The van der Waals surface area contributed by atoms with Crippen molar-refractivity contribution in [1.29, 1.82) is 0 Å². The fraction of sp³-hybridized carbons (Fsp3) is 0.125. The van der Waals surface area contributed by atoms with E-state index in [0.29, 0.717) is 11.6 Å². The van der Waals surface area contributed by atoms with Gasteiger partial charge in [0.05, 0.1) is 10.6 Å². The van der Waals surface area contributed by atoms with Gasteiger partial charge in [-0.2, -0.15) is 0 Å². The zero-order chi connectivity index (χ0) is 15.9. The van der Waals surface area contributed by atoms with Crippen molar-refractivity contribution in [3.63, 3.8) is 0 Å². The third-order valence-electron chi connectivity index (χ3n) is 2.82. The number of hydrogen-bond acceptors (Lipinski definition) is 3. The minimum atomic E-state index is -0.670. The van der Waals surface area contributed by atoms with Gasteiger partial charge in [-0.3, -0.25) is 4.79 Å². The lowest BCUT2D eigenvalue weighted by Gasteiger charge is -2.07. The maximum absolute atomic E-state index is 11.8. The van der Waals surface area contributed by atoms with Crippen LogP contribution in [0, 0.1) is 0 Å². The molecule has 0 unspecified atom stereocenters. The van der Waals surface area contributed by atoms with Crippen LogP contribution in [0.4, 0.5) is 0 Å². The minimum absolute atomic E-state index is 0.168. The first kappa shape index (κ1) is 16.3. The number of hydrogen-bond donors (Lipinski definition) is 1. The van der Waals surface area contributed by atoms with Gasteiger partial charge in [0, 0.05) is 11.6 Å². The number of esters is 1. The molecule has 0 fully saturated rings. The van der Waals surface area contributed by atoms with Crippen LogP contribution in [0.25, 0.3) is 0 Å². The van der Waals surface area contributed by atoms with E-state index in [9.17, 15) is 9.59 Å². The largest absolute Gasteiger partial charge is 0.452 e. The molecule has 0 saturated carbocycles. The van der Waals surface area contributed by atoms with E-state index < -0.39 is 5.97 Å². The van der Waals surface area contributed by atoms with Crippen LogP contribution in [0.1, 0.15) is 15.9 Å². The first-order valence-corrected chi connectivity index (χ1v) is 7.24. The Labute approximate surface area is 138 Å². The molecule has 1 amide bonds. The van der Waals surface area contributed by atoms with Crippen LogP contribution >= 0.6 is 23.2 Å². The van der Waals surface area contributed by atoms with Gasteiger partial charge in [-0.1, -0.05) is 53.5 Å². The third-order valence-corrected chi connectivity index (χ3v) is 3.37. The summed E-state index contributed by atoms with van der Waals surface area (Å²) in [6.07, 6.45) is 0. The summed E-state index contributed by atoms with van der Waals surface area (Å²) in [6, 6.07) is 13.8. The molecule has 0 bridgehead atoms. The molecule has 0 aliphatic carbocycles. The van der Waals surface area contributed by atoms with Crippen LogP contribution in [0.2, 0.25) is 10.0 Å². The number of rotatable bonds is 5. The molecule has 4 nitrogen and oxygen atoms in total. The lowest BCUT2D eigenvalue weighted by atomic mass is 10.2. The zero-order valence-corrected chi connectivity index (χ0v) is 13.0. The topological polar surface area (TPSA) is 55.4 Å². The molecule has 0 aliphatic rings. The molecule has 0 atom stereocenters. The van der Waals surface area contributed by atoms with E-state index in [1.165, 1.54) is 18.2 Å². The second kappa shape index (κ2) is 7.82. The number of halogens is 2. The first-order chi connectivity index (χ1) is 10.6. The molecule has 2 rings (SSSR count). The summed E-state index contributed by atoms with van der Waals surface area (Å²) in [4.78, 5) is 23.5. The molecule has 0 spiro atoms. The van der Waals surface area contributed by atoms with Gasteiger partial charge in [0.2, 0.25) is 0 Å². The Bertz CT molecular complexity index is 674. The summed E-state index contributed by atoms with van der Waals surface area (Å²) in [6.45, 7) is 0.00352. The smallest absolute Gasteiger partial charge is 0.340 e. The number of carbonyl (C=O) groups excluding carboxylic acids is 2. The van der Waals surface area contributed by atoms with E-state index in [1.54, 1.807) is 0 Å². The van der Waals surface area contributed by atoms with E-state index in [4.69, 9.17) is 27.9 Å². The molecule has 0 aromatic heterocycles. The summed E-state index contributed by atoms with van der Waals surface area (Å²) in [7, 11) is 0. The molecule has 2 aromatic carbocycles. The van der Waals surface area contributed by atoms with Gasteiger partial charge in [0.15, 0.2) is 6.61 Å². The maximum Gasteiger partial charge on any atom is 0.340 e. The average molecular weight is 338 g/mol. The van der Waals surface area contributed by atoms with Gasteiger partial charge in [-0.15, -0.1) is 0 Å². The SMILES string of the molecule is O=C(COC(=O)c1ccc(Cl)cc1Cl)NCc1ccccc1. The van der Waals surface area contributed by atoms with Crippen molar-refractivity contribution in [2.75, 3.05) is 6.61 Å². The summed E-state index contributed by atoms with van der Waals surface area (Å²) >= 11 is 11.6. The van der Waals surface area contributed by atoms with E-state index in [1.807, 2.05) is 30.3 Å². The van der Waals surface area contributed by atoms with Gasteiger partial charge in [0.25, 0.3) is 5.91 Å². The van der Waals surface area contributed by atoms with Gasteiger partial charge in [-0.05, 0) is 23.8 Å². The molecule has 0 heterocycles. The number of ether oxygens (including phenoxy) is 1. The summed E-state index contributed by atoms with van der Waals surface area (Å²) in [5, 5.41) is 3.26. The molecule has 22 heavy (non-hydrogen) atoms. The molecule has 1 N–H and O–H groups in total. The predicted octanol–water partition coefficient (Wildman–Crippen LogP) is 3.47. The minimum Gasteiger partial charge on any atom is -0.452 e. The second-order valence-corrected chi connectivity index (χ2v) is 5.31. The van der Waals surface area contributed by atoms with Crippen LogP contribution in [-0.4, -0.2) is 18.5 Å². The molecule has 0 aliphatic heterocycles. The monoisotopic (exact) mass is 337 g/mol. The Morgan fingerprint density at radius 2 is 1.77 bits per heavy atom. The Morgan fingerprint density at radius 3 is 2.45 bits per heavy atom. The fourth-order valence-electron chi connectivity index (χ4n) is 1.71. The Hall–Kier alpha value is -2.04. The molecule has 6 heteroatoms. The van der Waals surface area contributed by atoms with E-state index in [-0.39, 0.29) is 23.1 Å². The van der Waals surface area contributed by atoms with Crippen molar-refractivity contribution >= 4 is 35.1 Å². The van der Waals surface area contributed by atoms with Crippen LogP contribution < -0.4 is 5.32 Å². The predicted molar refractivity (Wildman–Crippen MR) is 85.0 cm³/mol. The van der Waals surface area contributed by atoms with Crippen LogP contribution in [0.5, 0.6) is 0 Å². The standard InChI is InChI=1S/C16H13Cl2NO3/c17-12-6-7-13(14(18)8-12)16(21)22-10-15(20)19-9-11-4-2-1-3-5-11/h1-8H,9-10H2,(H,19,20). The highest BCUT2D eigenvalue weighted by molar-refractivity contribution is 6.36. The molecule has 114 valence electrons. The van der Waals surface area contributed by atoms with Crippen molar-refractivity contribution in [2.24, 2.45) is 0 Å². The molecular weight excluding hydrogens is 325 g/mol. The lowest BCUT2D eigenvalue weighted by Crippen LogP contribution is -2.28. The first-order valence-electron chi connectivity index (χ1n) is 6.49. The quantitative estimate of drug-likeness (QED) is 0.850. The van der Waals surface area contributed by atoms with Crippen molar-refractivity contribution < 1.29 is 14.3 Å². The van der Waals surface area contributed by atoms with Crippen LogP contribution in [0.3, 0.4) is 0 Å². The van der Waals surface area contributed by atoms with Crippen molar-refractivity contribution in [3.05, 3.63) is 69.7 Å². The number of nitrogens with one attached hydrogen (secondary N) is 1. The number of amides is 1. The number of carbonyl (C=O) groups is 2. The highest BCUT2D eigenvalue weighted by Crippen LogP contribution is 2.21. The van der Waals surface area contributed by atoms with E-state index >= 15 is 0 Å². The van der Waals surface area contributed by atoms with E-state index in [0.717, 1.165) is 5.56 Å². The normalized spacial score (nSPS) is 10.1. The van der Waals surface area contributed by atoms with Gasteiger partial charge in [-0.25, -0.2) is 4.79 Å². The van der Waals surface area contributed by atoms with Gasteiger partial charge < -0.3 is 10.1 Å². The van der Waals surface area contributed by atoms with E-state index in [2.05, 4.69) is 5.32 Å². The molecule has 0 radical (unpaired) electrons. The van der Waals surface area contributed by atoms with Crippen molar-refractivity contribution in [1.82, 2.24) is 5.32 Å². The Balaban J connectivity index is 1.82. The van der Waals surface area contributed by atoms with Crippen LogP contribution in [-0.2, 0) is 16.1 Å². The average Bonchev–Trinajstić information content (AvgIpc) is 2.51. The van der Waals surface area contributed by atoms with Crippen molar-refractivity contribution in [3.8, 4) is 0 Å². The summed E-state index contributed by atoms with van der Waals surface area (Å²) in [5.74, 6) is -1.06. The molecular formula is C16H13Cl2NO3. The summed E-state index contributed by atoms with van der Waals surface area (Å²) < 4.78 is 4.92. The van der Waals surface area contributed by atoms with Crippen molar-refractivity contribution in [2.45, 2.75) is 6.54 Å². The fourth-order valence-corrected chi connectivity index (χ4v) is 2.20. The van der Waals surface area contributed by atoms with Gasteiger partial charge in [0.1, 0.15) is 0 Å². The summed E-state index contributed by atoms with van der Waals surface area (Å²) in [5.41, 5.74) is 1.13. The molecule has 0 saturated heterocycles. The lowest BCUT2D eigenvalue weighted by molar-refractivity contribution is -0.124. The third kappa shape index (κ3) is 4.76. The highest BCUT2D eigenvalue weighted by Gasteiger charge is 2.13. The van der Waals surface area contributed by atoms with Crippen LogP contribution in [0.15, 0.2) is 48.5 Å². The highest BCUT2D eigenvalue weighted by atomic mass is 35.5. The van der Waals surface area contributed by atoms with Gasteiger partial charge >= 0.3 is 5.97 Å². The Kier molecular flexibility index (Phi) is 5.81. The number of benzene rings is 2. The second-order valence-electron chi connectivity index (χ2n) is 4.46. The Morgan fingerprint density at radius 1 is 1.05 bits per heavy atom.